The molecule has 1 aliphatic heterocycles. The molecule has 0 saturated carbocycles. The first-order valence-electron chi connectivity index (χ1n) is 8.34. The Morgan fingerprint density at radius 2 is 2.00 bits per heavy atom. The molecule has 0 unspecified atom stereocenters. The number of nitrogens with zero attached hydrogens (tertiary/aromatic N) is 2. The number of anilines is 2. The minimum Gasteiger partial charge on any atom is -0.311 e. The number of carbonyl (C=O) groups excluding carboxylic acids is 1. The maximum atomic E-state index is 13.2. The molecule has 1 amide bonds. The van der Waals surface area contributed by atoms with Crippen LogP contribution >= 0.6 is 15.9 Å². The van der Waals surface area contributed by atoms with Crippen molar-refractivity contribution in [1.82, 2.24) is 4.98 Å². The Hall–Kier alpha value is -2.45. The number of aromatic nitrogens is 1. The maximum absolute atomic E-state index is 13.2. The van der Waals surface area contributed by atoms with Crippen LogP contribution < -0.4 is 9.62 Å². The fourth-order valence-electron chi connectivity index (χ4n) is 3.37. The van der Waals surface area contributed by atoms with Crippen molar-refractivity contribution in [3.63, 3.8) is 0 Å². The molecular weight excluding hydrogens is 430 g/mol. The first-order chi connectivity index (χ1) is 12.9. The minimum atomic E-state index is -3.92. The summed E-state index contributed by atoms with van der Waals surface area (Å²) in [7, 11) is -3.92. The normalized spacial score (nSPS) is 13.6. The summed E-state index contributed by atoms with van der Waals surface area (Å²) >= 11 is 3.38. The summed E-state index contributed by atoms with van der Waals surface area (Å²) in [5.74, 6) is -0.179. The molecule has 0 atom stereocenters. The molecule has 1 N–H and O–H groups in total. The van der Waals surface area contributed by atoms with E-state index in [2.05, 4.69) is 25.6 Å². The van der Waals surface area contributed by atoms with Crippen LogP contribution in [0.15, 0.2) is 58.0 Å². The molecule has 0 aliphatic carbocycles. The summed E-state index contributed by atoms with van der Waals surface area (Å²) in [4.78, 5) is 17.9. The van der Waals surface area contributed by atoms with Gasteiger partial charge in [0.2, 0.25) is 5.91 Å². The molecular formula is C19H16BrN3O3S. The van der Waals surface area contributed by atoms with Crippen molar-refractivity contribution in [2.24, 2.45) is 0 Å². The number of fused-ring (bicyclic) bond motifs is 2. The average Bonchev–Trinajstić information content (AvgIpc) is 3.05. The van der Waals surface area contributed by atoms with E-state index in [0.717, 1.165) is 5.56 Å². The zero-order chi connectivity index (χ0) is 19.2. The van der Waals surface area contributed by atoms with Gasteiger partial charge in [0.25, 0.3) is 10.0 Å². The molecule has 8 heteroatoms. The zero-order valence-corrected chi connectivity index (χ0v) is 16.8. The molecule has 1 aromatic heterocycles. The van der Waals surface area contributed by atoms with Crippen LogP contribution in [-0.2, 0) is 21.2 Å². The van der Waals surface area contributed by atoms with Gasteiger partial charge in [-0.3, -0.25) is 14.5 Å². The van der Waals surface area contributed by atoms with Gasteiger partial charge in [-0.25, -0.2) is 8.42 Å². The molecule has 0 fully saturated rings. The molecule has 138 valence electrons. The lowest BCUT2D eigenvalue weighted by Gasteiger charge is -2.20. The van der Waals surface area contributed by atoms with Crippen molar-refractivity contribution >= 4 is 54.1 Å². The van der Waals surface area contributed by atoms with Crippen LogP contribution in [0.2, 0.25) is 0 Å². The summed E-state index contributed by atoms with van der Waals surface area (Å²) in [5.41, 5.74) is 2.43. The average molecular weight is 446 g/mol. The molecule has 0 bridgehead atoms. The molecule has 0 radical (unpaired) electrons. The van der Waals surface area contributed by atoms with Crippen LogP contribution in [-0.4, -0.2) is 25.9 Å². The van der Waals surface area contributed by atoms with Crippen LogP contribution in [0.4, 0.5) is 11.4 Å². The number of carbonyl (C=O) groups is 1. The second-order valence-electron chi connectivity index (χ2n) is 6.31. The van der Waals surface area contributed by atoms with Gasteiger partial charge >= 0.3 is 0 Å². The molecule has 2 heterocycles. The first kappa shape index (κ1) is 17.9. The SMILES string of the molecule is CC(=O)N1CCc2cc(Br)cc(S(=O)(=O)Nc3ccnc4ccccc34)c21. The second-order valence-corrected chi connectivity index (χ2v) is 8.88. The predicted molar refractivity (Wildman–Crippen MR) is 108 cm³/mol. The Kier molecular flexibility index (Phi) is 4.39. The third-order valence-electron chi connectivity index (χ3n) is 4.56. The number of sulfonamides is 1. The highest BCUT2D eigenvalue weighted by atomic mass is 79.9. The van der Waals surface area contributed by atoms with Gasteiger partial charge in [0.1, 0.15) is 4.90 Å². The third-order valence-corrected chi connectivity index (χ3v) is 6.39. The Bertz CT molecular complexity index is 1170. The second kappa shape index (κ2) is 6.61. The van der Waals surface area contributed by atoms with E-state index in [9.17, 15) is 13.2 Å². The highest BCUT2D eigenvalue weighted by Crippen LogP contribution is 2.38. The lowest BCUT2D eigenvalue weighted by atomic mass is 10.2. The molecule has 2 aromatic carbocycles. The van der Waals surface area contributed by atoms with E-state index in [1.165, 1.54) is 17.9 Å². The van der Waals surface area contributed by atoms with Crippen LogP contribution in [0.3, 0.4) is 0 Å². The number of pyridine rings is 1. The van der Waals surface area contributed by atoms with Gasteiger partial charge in [0.05, 0.1) is 16.9 Å². The van der Waals surface area contributed by atoms with E-state index in [1.54, 1.807) is 12.3 Å². The van der Waals surface area contributed by atoms with Gasteiger partial charge in [0.15, 0.2) is 0 Å². The molecule has 0 spiro atoms. The molecule has 3 aromatic rings. The van der Waals surface area contributed by atoms with Crippen molar-refractivity contribution in [1.29, 1.82) is 0 Å². The molecule has 6 nitrogen and oxygen atoms in total. The highest BCUT2D eigenvalue weighted by molar-refractivity contribution is 9.10. The van der Waals surface area contributed by atoms with E-state index in [0.29, 0.717) is 39.7 Å². The van der Waals surface area contributed by atoms with Gasteiger partial charge in [-0.15, -0.1) is 0 Å². The lowest BCUT2D eigenvalue weighted by molar-refractivity contribution is -0.116. The summed E-state index contributed by atoms with van der Waals surface area (Å²) in [6.07, 6.45) is 2.18. The number of benzene rings is 2. The number of halogens is 1. The van der Waals surface area contributed by atoms with Crippen molar-refractivity contribution in [2.75, 3.05) is 16.2 Å². The third kappa shape index (κ3) is 3.19. The zero-order valence-electron chi connectivity index (χ0n) is 14.4. The van der Waals surface area contributed by atoms with Crippen molar-refractivity contribution in [3.05, 3.63) is 58.7 Å². The number of hydrogen-bond acceptors (Lipinski definition) is 4. The Morgan fingerprint density at radius 1 is 1.22 bits per heavy atom. The van der Waals surface area contributed by atoms with Gasteiger partial charge in [0, 0.05) is 29.5 Å². The maximum Gasteiger partial charge on any atom is 0.264 e. The van der Waals surface area contributed by atoms with E-state index >= 15 is 0 Å². The quantitative estimate of drug-likeness (QED) is 0.666. The topological polar surface area (TPSA) is 79.4 Å². The fraction of sp³-hybridized carbons (Fsp3) is 0.158. The van der Waals surface area contributed by atoms with Crippen molar-refractivity contribution in [3.8, 4) is 0 Å². The van der Waals surface area contributed by atoms with E-state index in [-0.39, 0.29) is 10.8 Å². The number of hydrogen-bond donors (Lipinski definition) is 1. The fourth-order valence-corrected chi connectivity index (χ4v) is 5.39. The summed E-state index contributed by atoms with van der Waals surface area (Å²) in [6.45, 7) is 1.92. The molecule has 4 rings (SSSR count). The van der Waals surface area contributed by atoms with Crippen LogP contribution in [0.5, 0.6) is 0 Å². The Balaban J connectivity index is 1.85. The van der Waals surface area contributed by atoms with Crippen molar-refractivity contribution < 1.29 is 13.2 Å². The number of amides is 1. The molecule has 1 aliphatic rings. The molecule has 27 heavy (non-hydrogen) atoms. The first-order valence-corrected chi connectivity index (χ1v) is 10.6. The largest absolute Gasteiger partial charge is 0.311 e. The minimum absolute atomic E-state index is 0.0838. The smallest absolute Gasteiger partial charge is 0.264 e. The standard InChI is InChI=1S/C19H16BrN3O3S/c1-12(24)23-9-7-13-10-14(20)11-18(19(13)23)27(25,26)22-17-6-8-21-16-5-3-2-4-15(16)17/h2-6,8,10-11H,7,9H2,1H3,(H,21,22). The number of para-hydroxylation sites is 1. The van der Waals surface area contributed by atoms with Gasteiger partial charge in [-0.1, -0.05) is 34.1 Å². The van der Waals surface area contributed by atoms with E-state index < -0.39 is 10.0 Å². The molecule has 0 saturated heterocycles. The lowest BCUT2D eigenvalue weighted by Crippen LogP contribution is -2.28. The number of nitrogens with one attached hydrogen (secondary N) is 1. The van der Waals surface area contributed by atoms with Gasteiger partial charge in [-0.2, -0.15) is 0 Å². The summed E-state index contributed by atoms with van der Waals surface area (Å²) < 4.78 is 29.8. The highest BCUT2D eigenvalue weighted by Gasteiger charge is 2.31. The van der Waals surface area contributed by atoms with Gasteiger partial charge in [-0.05, 0) is 36.2 Å². The van der Waals surface area contributed by atoms with Crippen LogP contribution in [0, 0.1) is 0 Å². The number of rotatable bonds is 3. The van der Waals surface area contributed by atoms with E-state index in [4.69, 9.17) is 0 Å². The van der Waals surface area contributed by atoms with Gasteiger partial charge < -0.3 is 4.90 Å². The van der Waals surface area contributed by atoms with Crippen molar-refractivity contribution in [2.45, 2.75) is 18.2 Å². The predicted octanol–water partition coefficient (Wildman–Crippen LogP) is 3.71. The van der Waals surface area contributed by atoms with E-state index in [1.807, 2.05) is 30.3 Å². The summed E-state index contributed by atoms with van der Waals surface area (Å²) in [5, 5.41) is 0.707. The Labute approximate surface area is 165 Å². The monoisotopic (exact) mass is 445 g/mol. The van der Waals surface area contributed by atoms with Crippen LogP contribution in [0.1, 0.15) is 12.5 Å². The van der Waals surface area contributed by atoms with Crippen LogP contribution in [0.25, 0.3) is 10.9 Å². The summed E-state index contributed by atoms with van der Waals surface area (Å²) in [6, 6.07) is 12.3. The Morgan fingerprint density at radius 3 is 2.78 bits per heavy atom.